The van der Waals surface area contributed by atoms with Crippen molar-refractivity contribution in [1.29, 1.82) is 0 Å². The number of rotatable bonds is 4. The van der Waals surface area contributed by atoms with Gasteiger partial charge in [0.15, 0.2) is 0 Å². The van der Waals surface area contributed by atoms with Crippen LogP contribution in [0.3, 0.4) is 0 Å². The average Bonchev–Trinajstić information content (AvgIpc) is 3.11. The number of H-pyrrole nitrogens is 1. The Morgan fingerprint density at radius 2 is 1.70 bits per heavy atom. The average molecular weight is 370 g/mol. The molecule has 0 aliphatic carbocycles. The molecule has 2 heterocycles. The maximum atomic E-state index is 13.0. The number of carbonyl (C=O) groups excluding carboxylic acids is 3. The van der Waals surface area contributed by atoms with Gasteiger partial charge in [-0.05, 0) is 38.1 Å². The molecule has 1 saturated heterocycles. The molecule has 0 spiro atoms. The number of anilines is 1. The van der Waals surface area contributed by atoms with Gasteiger partial charge < -0.3 is 25.7 Å². The molecular formula is C19H22N4O4. The molecule has 8 nitrogen and oxygen atoms in total. The lowest BCUT2D eigenvalue weighted by molar-refractivity contribution is -0.0585. The van der Waals surface area contributed by atoms with E-state index in [1.54, 1.807) is 29.2 Å². The first kappa shape index (κ1) is 18.7. The summed E-state index contributed by atoms with van der Waals surface area (Å²) in [4.78, 5) is 41.0. The van der Waals surface area contributed by atoms with Gasteiger partial charge in [-0.25, -0.2) is 0 Å². The number of nitrogens with one attached hydrogen (secondary N) is 2. The van der Waals surface area contributed by atoms with Crippen LogP contribution in [0.2, 0.25) is 0 Å². The van der Waals surface area contributed by atoms with Crippen LogP contribution in [-0.2, 0) is 4.74 Å². The number of hydrogen-bond acceptors (Lipinski definition) is 4. The van der Waals surface area contributed by atoms with E-state index in [1.807, 2.05) is 13.8 Å². The maximum absolute atomic E-state index is 13.0. The molecule has 3 amide bonds. The molecule has 1 aliphatic heterocycles. The van der Waals surface area contributed by atoms with Crippen molar-refractivity contribution < 1.29 is 19.1 Å². The van der Waals surface area contributed by atoms with Crippen LogP contribution >= 0.6 is 0 Å². The largest absolute Gasteiger partial charge is 0.372 e. The number of nitrogens with two attached hydrogens (primary N) is 1. The number of hydrogen-bond donors (Lipinski definition) is 3. The van der Waals surface area contributed by atoms with E-state index < -0.39 is 11.8 Å². The zero-order chi connectivity index (χ0) is 19.6. The summed E-state index contributed by atoms with van der Waals surface area (Å²) >= 11 is 0. The minimum absolute atomic E-state index is 0.0504. The number of amides is 3. The van der Waals surface area contributed by atoms with E-state index >= 15 is 0 Å². The number of carbonyl (C=O) groups is 3. The minimum atomic E-state index is -0.653. The predicted octanol–water partition coefficient (Wildman–Crippen LogP) is 1.62. The second kappa shape index (κ2) is 7.63. The second-order valence-corrected chi connectivity index (χ2v) is 6.62. The minimum Gasteiger partial charge on any atom is -0.372 e. The molecule has 1 aromatic carbocycles. The highest BCUT2D eigenvalue weighted by Crippen LogP contribution is 2.21. The van der Waals surface area contributed by atoms with Gasteiger partial charge in [-0.3, -0.25) is 14.4 Å². The Balaban J connectivity index is 1.80. The first-order chi connectivity index (χ1) is 12.8. The molecule has 3 rings (SSSR count). The Morgan fingerprint density at radius 1 is 1.07 bits per heavy atom. The Kier molecular flexibility index (Phi) is 5.27. The standard InChI is InChI=1S/C19H22N4O4/c1-11-9-23(10-12(2)27-11)19(26)13-5-3-4-6-14(13)22-18(25)16-8-7-15(21-16)17(20)24/h3-8,11-12,21H,9-10H2,1-2H3,(H2,20,24)(H,22,25)/t11-,12+. The Morgan fingerprint density at radius 3 is 2.33 bits per heavy atom. The van der Waals surface area contributed by atoms with Crippen molar-refractivity contribution in [3.8, 4) is 0 Å². The second-order valence-electron chi connectivity index (χ2n) is 6.62. The maximum Gasteiger partial charge on any atom is 0.272 e. The van der Waals surface area contributed by atoms with E-state index in [-0.39, 0.29) is 29.5 Å². The molecule has 2 aromatic rings. The molecule has 2 atom stereocenters. The summed E-state index contributed by atoms with van der Waals surface area (Å²) in [5.74, 6) is -1.29. The zero-order valence-corrected chi connectivity index (χ0v) is 15.2. The van der Waals surface area contributed by atoms with Gasteiger partial charge in [0.2, 0.25) is 0 Å². The van der Waals surface area contributed by atoms with Crippen LogP contribution in [0.25, 0.3) is 0 Å². The van der Waals surface area contributed by atoms with Gasteiger partial charge >= 0.3 is 0 Å². The van der Waals surface area contributed by atoms with Crippen molar-refractivity contribution in [2.75, 3.05) is 18.4 Å². The van der Waals surface area contributed by atoms with E-state index in [0.717, 1.165) is 0 Å². The van der Waals surface area contributed by atoms with E-state index in [4.69, 9.17) is 10.5 Å². The summed E-state index contributed by atoms with van der Waals surface area (Å²) in [5, 5.41) is 2.72. The first-order valence-electron chi connectivity index (χ1n) is 8.69. The lowest BCUT2D eigenvalue weighted by Gasteiger charge is -2.35. The third-order valence-corrected chi connectivity index (χ3v) is 4.31. The van der Waals surface area contributed by atoms with Crippen LogP contribution in [0.4, 0.5) is 5.69 Å². The van der Waals surface area contributed by atoms with Crippen molar-refractivity contribution >= 4 is 23.4 Å². The summed E-state index contributed by atoms with van der Waals surface area (Å²) < 4.78 is 5.67. The molecule has 4 N–H and O–H groups in total. The molecular weight excluding hydrogens is 348 g/mol. The lowest BCUT2D eigenvalue weighted by Crippen LogP contribution is -2.48. The number of aromatic amines is 1. The molecule has 27 heavy (non-hydrogen) atoms. The van der Waals surface area contributed by atoms with Crippen LogP contribution < -0.4 is 11.1 Å². The third kappa shape index (κ3) is 4.17. The SMILES string of the molecule is C[C@@H]1CN(C(=O)c2ccccc2NC(=O)c2ccc(C(N)=O)[nH]2)C[C@H](C)O1. The van der Waals surface area contributed by atoms with Crippen LogP contribution in [0.15, 0.2) is 36.4 Å². The number of morpholine rings is 1. The van der Waals surface area contributed by atoms with Gasteiger partial charge in [0.1, 0.15) is 11.4 Å². The highest BCUT2D eigenvalue weighted by atomic mass is 16.5. The van der Waals surface area contributed by atoms with Crippen LogP contribution in [0.1, 0.15) is 45.2 Å². The van der Waals surface area contributed by atoms with Gasteiger partial charge in [0.25, 0.3) is 17.7 Å². The Labute approximate surface area is 156 Å². The molecule has 142 valence electrons. The van der Waals surface area contributed by atoms with Gasteiger partial charge in [-0.15, -0.1) is 0 Å². The summed E-state index contributed by atoms with van der Waals surface area (Å²) in [6, 6.07) is 9.72. The van der Waals surface area contributed by atoms with E-state index in [2.05, 4.69) is 10.3 Å². The molecule has 0 unspecified atom stereocenters. The molecule has 0 radical (unpaired) electrons. The smallest absolute Gasteiger partial charge is 0.272 e. The molecule has 1 aromatic heterocycles. The molecule has 1 aliphatic rings. The van der Waals surface area contributed by atoms with E-state index in [0.29, 0.717) is 24.3 Å². The fourth-order valence-electron chi connectivity index (χ4n) is 3.15. The molecule has 8 heteroatoms. The quantitative estimate of drug-likeness (QED) is 0.758. The third-order valence-electron chi connectivity index (χ3n) is 4.31. The number of primary amides is 1. The van der Waals surface area contributed by atoms with Gasteiger partial charge in [0, 0.05) is 13.1 Å². The van der Waals surface area contributed by atoms with Gasteiger partial charge in [-0.2, -0.15) is 0 Å². The Hall–Kier alpha value is -3.13. The summed E-state index contributed by atoms with van der Waals surface area (Å²) in [6.07, 6.45) is -0.101. The topological polar surface area (TPSA) is 118 Å². The summed E-state index contributed by atoms with van der Waals surface area (Å²) in [5.41, 5.74) is 6.30. The van der Waals surface area contributed by atoms with Gasteiger partial charge in [-0.1, -0.05) is 12.1 Å². The number of benzene rings is 1. The van der Waals surface area contributed by atoms with E-state index in [9.17, 15) is 14.4 Å². The highest BCUT2D eigenvalue weighted by molar-refractivity contribution is 6.08. The highest BCUT2D eigenvalue weighted by Gasteiger charge is 2.28. The van der Waals surface area contributed by atoms with Crippen molar-refractivity contribution in [2.45, 2.75) is 26.1 Å². The number of aromatic nitrogens is 1. The molecule has 0 saturated carbocycles. The number of nitrogens with zero attached hydrogens (tertiary/aromatic N) is 1. The zero-order valence-electron chi connectivity index (χ0n) is 15.2. The fourth-order valence-corrected chi connectivity index (χ4v) is 3.15. The monoisotopic (exact) mass is 370 g/mol. The molecule has 1 fully saturated rings. The van der Waals surface area contributed by atoms with Crippen molar-refractivity contribution in [3.05, 3.63) is 53.3 Å². The van der Waals surface area contributed by atoms with Crippen LogP contribution in [-0.4, -0.2) is 52.9 Å². The molecule has 0 bridgehead atoms. The lowest BCUT2D eigenvalue weighted by atomic mass is 10.1. The van der Waals surface area contributed by atoms with Gasteiger partial charge in [0.05, 0.1) is 23.5 Å². The Bertz CT molecular complexity index is 866. The van der Waals surface area contributed by atoms with Crippen LogP contribution in [0.5, 0.6) is 0 Å². The van der Waals surface area contributed by atoms with Crippen LogP contribution in [0, 0.1) is 0 Å². The van der Waals surface area contributed by atoms with Crippen molar-refractivity contribution in [2.24, 2.45) is 5.73 Å². The van der Waals surface area contributed by atoms with Crippen molar-refractivity contribution in [1.82, 2.24) is 9.88 Å². The predicted molar refractivity (Wildman–Crippen MR) is 99.6 cm³/mol. The first-order valence-corrected chi connectivity index (χ1v) is 8.69. The van der Waals surface area contributed by atoms with E-state index in [1.165, 1.54) is 12.1 Å². The van der Waals surface area contributed by atoms with Crippen molar-refractivity contribution in [3.63, 3.8) is 0 Å². The summed E-state index contributed by atoms with van der Waals surface area (Å²) in [6.45, 7) is 4.82. The summed E-state index contributed by atoms with van der Waals surface area (Å²) in [7, 11) is 0. The fraction of sp³-hybridized carbons (Fsp3) is 0.316. The number of para-hydroxylation sites is 1. The number of ether oxygens (including phenoxy) is 1. The normalized spacial score (nSPS) is 19.6.